The maximum absolute atomic E-state index is 11.1. The van der Waals surface area contributed by atoms with Crippen molar-refractivity contribution in [2.45, 2.75) is 13.5 Å². The molecule has 5 heteroatoms. The largest absolute Gasteiger partial charge is 0.478 e. The minimum atomic E-state index is -0.986. The summed E-state index contributed by atoms with van der Waals surface area (Å²) in [6.45, 7) is 2.41. The maximum atomic E-state index is 11.1. The highest BCUT2D eigenvalue weighted by Crippen LogP contribution is 2.20. The van der Waals surface area contributed by atoms with Gasteiger partial charge < -0.3 is 10.4 Å². The highest BCUT2D eigenvalue weighted by molar-refractivity contribution is 6.31. The van der Waals surface area contributed by atoms with E-state index in [-0.39, 0.29) is 5.56 Å². The first-order valence-electron chi connectivity index (χ1n) is 5.74. The number of benzene rings is 1. The van der Waals surface area contributed by atoms with Gasteiger partial charge in [0.15, 0.2) is 0 Å². The monoisotopic (exact) mass is 276 g/mol. The second-order valence-electron chi connectivity index (χ2n) is 4.17. The maximum Gasteiger partial charge on any atom is 0.337 e. The molecule has 1 heterocycles. The first-order chi connectivity index (χ1) is 9.08. The topological polar surface area (TPSA) is 62.2 Å². The predicted octanol–water partition coefficient (Wildman–Crippen LogP) is 3.35. The molecule has 0 spiro atoms. The Morgan fingerprint density at radius 1 is 1.42 bits per heavy atom. The van der Waals surface area contributed by atoms with Gasteiger partial charge in [0.2, 0.25) is 0 Å². The molecule has 19 heavy (non-hydrogen) atoms. The van der Waals surface area contributed by atoms with Crippen molar-refractivity contribution in [3.05, 3.63) is 58.4 Å². The van der Waals surface area contributed by atoms with Gasteiger partial charge in [-0.1, -0.05) is 23.7 Å². The molecule has 0 aliphatic carbocycles. The minimum absolute atomic E-state index is 0.193. The third kappa shape index (κ3) is 3.23. The number of nitrogens with zero attached hydrogens (tertiary/aromatic N) is 1. The quantitative estimate of drug-likeness (QED) is 0.899. The van der Waals surface area contributed by atoms with E-state index < -0.39 is 5.97 Å². The van der Waals surface area contributed by atoms with Gasteiger partial charge in [-0.3, -0.25) is 4.98 Å². The number of rotatable bonds is 4. The lowest BCUT2D eigenvalue weighted by molar-refractivity contribution is 0.0698. The summed E-state index contributed by atoms with van der Waals surface area (Å²) in [5.41, 5.74) is 2.67. The van der Waals surface area contributed by atoms with Crippen molar-refractivity contribution < 1.29 is 9.90 Å². The molecular weight excluding hydrogens is 264 g/mol. The van der Waals surface area contributed by atoms with E-state index in [9.17, 15) is 4.79 Å². The van der Waals surface area contributed by atoms with E-state index >= 15 is 0 Å². The molecule has 0 atom stereocenters. The van der Waals surface area contributed by atoms with E-state index in [2.05, 4.69) is 10.3 Å². The van der Waals surface area contributed by atoms with E-state index in [4.69, 9.17) is 16.7 Å². The first kappa shape index (κ1) is 13.4. The molecule has 0 radical (unpaired) electrons. The zero-order chi connectivity index (χ0) is 13.8. The van der Waals surface area contributed by atoms with Gasteiger partial charge in [-0.15, -0.1) is 0 Å². The van der Waals surface area contributed by atoms with Crippen LogP contribution in [-0.2, 0) is 6.54 Å². The molecule has 4 nitrogen and oxygen atoms in total. The molecule has 0 aliphatic rings. The summed E-state index contributed by atoms with van der Waals surface area (Å²) in [5.74, 6) is -0.986. The zero-order valence-corrected chi connectivity index (χ0v) is 11.1. The molecule has 0 unspecified atom stereocenters. The van der Waals surface area contributed by atoms with Gasteiger partial charge in [0.25, 0.3) is 0 Å². The number of hydrogen-bond donors (Lipinski definition) is 2. The summed E-state index contributed by atoms with van der Waals surface area (Å²) in [7, 11) is 0. The summed E-state index contributed by atoms with van der Waals surface area (Å²) in [4.78, 5) is 15.0. The highest BCUT2D eigenvalue weighted by Gasteiger charge is 2.09. The SMILES string of the molecule is Cc1ccc(CNc2cnccc2C(=O)O)c(Cl)c1. The van der Waals surface area contributed by atoms with Crippen molar-refractivity contribution in [1.29, 1.82) is 0 Å². The Balaban J connectivity index is 2.17. The fraction of sp³-hybridized carbons (Fsp3) is 0.143. The summed E-state index contributed by atoms with van der Waals surface area (Å²) in [6, 6.07) is 7.22. The molecule has 0 bridgehead atoms. The van der Waals surface area contributed by atoms with Crippen LogP contribution in [-0.4, -0.2) is 16.1 Å². The Bertz CT molecular complexity index is 614. The number of hydrogen-bond acceptors (Lipinski definition) is 3. The van der Waals surface area contributed by atoms with E-state index in [0.29, 0.717) is 17.3 Å². The normalized spacial score (nSPS) is 10.2. The molecule has 0 aliphatic heterocycles. The smallest absolute Gasteiger partial charge is 0.337 e. The number of carboxylic acids is 1. The first-order valence-corrected chi connectivity index (χ1v) is 6.12. The molecule has 1 aromatic carbocycles. The summed E-state index contributed by atoms with van der Waals surface area (Å²) in [6.07, 6.45) is 2.94. The van der Waals surface area contributed by atoms with Crippen molar-refractivity contribution in [3.63, 3.8) is 0 Å². The van der Waals surface area contributed by atoms with E-state index in [1.54, 1.807) is 0 Å². The van der Waals surface area contributed by atoms with Crippen molar-refractivity contribution >= 4 is 23.3 Å². The van der Waals surface area contributed by atoms with Crippen LogP contribution >= 0.6 is 11.6 Å². The van der Waals surface area contributed by atoms with Gasteiger partial charge in [0, 0.05) is 17.8 Å². The fourth-order valence-electron chi connectivity index (χ4n) is 1.71. The Hall–Kier alpha value is -2.07. The number of carbonyl (C=O) groups is 1. The van der Waals surface area contributed by atoms with E-state index in [1.165, 1.54) is 18.5 Å². The second-order valence-corrected chi connectivity index (χ2v) is 4.58. The lowest BCUT2D eigenvalue weighted by Crippen LogP contribution is -2.07. The molecule has 0 saturated heterocycles. The number of anilines is 1. The van der Waals surface area contributed by atoms with Crippen LogP contribution in [0.1, 0.15) is 21.5 Å². The standard InChI is InChI=1S/C14H13ClN2O2/c1-9-2-3-10(12(15)6-9)7-17-13-8-16-5-4-11(13)14(18)19/h2-6,8,17H,7H2,1H3,(H,18,19). The summed E-state index contributed by atoms with van der Waals surface area (Å²) >= 11 is 6.13. The number of aromatic carboxylic acids is 1. The number of halogens is 1. The van der Waals surface area contributed by atoms with Gasteiger partial charge in [-0.05, 0) is 30.2 Å². The van der Waals surface area contributed by atoms with Gasteiger partial charge in [0.05, 0.1) is 17.4 Å². The number of aromatic nitrogens is 1. The molecule has 98 valence electrons. The number of aryl methyl sites for hydroxylation is 1. The van der Waals surface area contributed by atoms with Crippen LogP contribution < -0.4 is 5.32 Å². The van der Waals surface area contributed by atoms with Gasteiger partial charge in [-0.25, -0.2) is 4.79 Å². The van der Waals surface area contributed by atoms with Crippen LogP contribution in [0.25, 0.3) is 0 Å². The van der Waals surface area contributed by atoms with Crippen molar-refractivity contribution in [3.8, 4) is 0 Å². The lowest BCUT2D eigenvalue weighted by atomic mass is 10.1. The summed E-state index contributed by atoms with van der Waals surface area (Å²) < 4.78 is 0. The minimum Gasteiger partial charge on any atom is -0.478 e. The van der Waals surface area contributed by atoms with E-state index in [1.807, 2.05) is 25.1 Å². The lowest BCUT2D eigenvalue weighted by Gasteiger charge is -2.10. The Morgan fingerprint density at radius 3 is 2.89 bits per heavy atom. The third-order valence-corrected chi connectivity index (χ3v) is 3.08. The molecule has 0 fully saturated rings. The van der Waals surface area contributed by atoms with Gasteiger partial charge >= 0.3 is 5.97 Å². The average molecular weight is 277 g/mol. The van der Waals surface area contributed by atoms with Gasteiger partial charge in [0.1, 0.15) is 0 Å². The van der Waals surface area contributed by atoms with Crippen LogP contribution in [0.4, 0.5) is 5.69 Å². The fourth-order valence-corrected chi connectivity index (χ4v) is 2.01. The number of pyridine rings is 1. The zero-order valence-electron chi connectivity index (χ0n) is 10.4. The number of nitrogens with one attached hydrogen (secondary N) is 1. The van der Waals surface area contributed by atoms with Crippen LogP contribution in [0.5, 0.6) is 0 Å². The van der Waals surface area contributed by atoms with Crippen molar-refractivity contribution in [2.75, 3.05) is 5.32 Å². The Labute approximate surface area is 116 Å². The van der Waals surface area contributed by atoms with Crippen LogP contribution in [0.15, 0.2) is 36.7 Å². The van der Waals surface area contributed by atoms with Crippen molar-refractivity contribution in [2.24, 2.45) is 0 Å². The second kappa shape index (κ2) is 5.71. The number of carboxylic acid groups (broad SMARTS) is 1. The Kier molecular flexibility index (Phi) is 4.02. The third-order valence-electron chi connectivity index (χ3n) is 2.73. The van der Waals surface area contributed by atoms with Crippen molar-refractivity contribution in [1.82, 2.24) is 4.98 Å². The van der Waals surface area contributed by atoms with Crippen LogP contribution in [0.3, 0.4) is 0 Å². The molecule has 2 aromatic rings. The molecule has 0 saturated carbocycles. The predicted molar refractivity (Wildman–Crippen MR) is 74.7 cm³/mol. The molecule has 2 rings (SSSR count). The highest BCUT2D eigenvalue weighted by atomic mass is 35.5. The molecular formula is C14H13ClN2O2. The molecule has 1 aromatic heterocycles. The summed E-state index contributed by atoms with van der Waals surface area (Å²) in [5, 5.41) is 12.8. The molecule has 2 N–H and O–H groups in total. The van der Waals surface area contributed by atoms with Gasteiger partial charge in [-0.2, -0.15) is 0 Å². The van der Waals surface area contributed by atoms with Crippen LogP contribution in [0, 0.1) is 6.92 Å². The van der Waals surface area contributed by atoms with Crippen LogP contribution in [0.2, 0.25) is 5.02 Å². The average Bonchev–Trinajstić information content (AvgIpc) is 2.38. The van der Waals surface area contributed by atoms with E-state index in [0.717, 1.165) is 11.1 Å². The Morgan fingerprint density at radius 2 is 2.21 bits per heavy atom. The molecule has 0 amide bonds.